The van der Waals surface area contributed by atoms with Gasteiger partial charge in [-0.2, -0.15) is 0 Å². The fourth-order valence-corrected chi connectivity index (χ4v) is 4.10. The number of para-hydroxylation sites is 1. The molecule has 0 bridgehead atoms. The summed E-state index contributed by atoms with van der Waals surface area (Å²) in [6, 6.07) is 17.4. The van der Waals surface area contributed by atoms with Crippen molar-refractivity contribution in [2.75, 3.05) is 31.8 Å². The van der Waals surface area contributed by atoms with Crippen molar-refractivity contribution in [1.82, 2.24) is 4.31 Å². The summed E-state index contributed by atoms with van der Waals surface area (Å²) in [5.74, 6) is -0.0351. The predicted octanol–water partition coefficient (Wildman–Crippen LogP) is 4.56. The summed E-state index contributed by atoms with van der Waals surface area (Å²) >= 11 is 0. The van der Waals surface area contributed by atoms with Gasteiger partial charge in [-0.15, -0.1) is 0 Å². The van der Waals surface area contributed by atoms with E-state index in [0.717, 1.165) is 21.1 Å². The lowest BCUT2D eigenvalue weighted by Crippen LogP contribution is -2.22. The Bertz CT molecular complexity index is 1250. The van der Waals surface area contributed by atoms with Crippen molar-refractivity contribution in [3.05, 3.63) is 77.4 Å². The van der Waals surface area contributed by atoms with Crippen LogP contribution < -0.4 is 15.4 Å². The Morgan fingerprint density at radius 1 is 0.906 bits per heavy atom. The van der Waals surface area contributed by atoms with Crippen LogP contribution in [0.3, 0.4) is 0 Å². The summed E-state index contributed by atoms with van der Waals surface area (Å²) < 4.78 is 31.5. The van der Waals surface area contributed by atoms with Gasteiger partial charge in [-0.1, -0.05) is 24.3 Å². The van der Waals surface area contributed by atoms with Gasteiger partial charge >= 0.3 is 0 Å². The van der Waals surface area contributed by atoms with Crippen LogP contribution in [0.2, 0.25) is 0 Å². The van der Waals surface area contributed by atoms with E-state index in [-0.39, 0.29) is 10.6 Å². The number of sulfonamides is 1. The monoisotopic (exact) mass is 453 g/mol. The third-order valence-electron chi connectivity index (χ3n) is 5.24. The second-order valence-electron chi connectivity index (χ2n) is 7.52. The van der Waals surface area contributed by atoms with Crippen LogP contribution in [0.25, 0.3) is 0 Å². The molecule has 0 saturated heterocycles. The minimum atomic E-state index is -3.67. The highest BCUT2D eigenvalue weighted by molar-refractivity contribution is 7.89. The summed E-state index contributed by atoms with van der Waals surface area (Å²) in [5, 5.41) is 6.13. The highest BCUT2D eigenvalue weighted by Crippen LogP contribution is 2.30. The molecule has 7 nitrogen and oxygen atoms in total. The lowest BCUT2D eigenvalue weighted by Gasteiger charge is -2.17. The molecule has 3 aromatic carbocycles. The number of benzene rings is 3. The molecule has 3 aromatic rings. The first-order chi connectivity index (χ1) is 15.1. The molecule has 32 heavy (non-hydrogen) atoms. The average Bonchev–Trinajstić information content (AvgIpc) is 2.77. The molecule has 0 unspecified atom stereocenters. The van der Waals surface area contributed by atoms with Crippen molar-refractivity contribution in [2.45, 2.75) is 18.7 Å². The summed E-state index contributed by atoms with van der Waals surface area (Å²) in [7, 11) is 0.694. The number of nitrogens with one attached hydrogen (secondary N) is 2. The van der Waals surface area contributed by atoms with E-state index in [2.05, 4.69) is 10.6 Å². The number of nitrogens with zero attached hydrogens (tertiary/aromatic N) is 1. The molecule has 0 aliphatic carbocycles. The Labute approximate surface area is 189 Å². The number of hydrogen-bond acceptors (Lipinski definition) is 5. The second kappa shape index (κ2) is 9.42. The van der Waals surface area contributed by atoms with Gasteiger partial charge in [-0.3, -0.25) is 4.79 Å². The first-order valence-corrected chi connectivity index (χ1v) is 11.4. The minimum Gasteiger partial charge on any atom is -0.495 e. The van der Waals surface area contributed by atoms with E-state index in [1.165, 1.54) is 39.4 Å². The number of hydrogen-bond donors (Lipinski definition) is 2. The van der Waals surface area contributed by atoms with Gasteiger partial charge in [0.1, 0.15) is 5.75 Å². The van der Waals surface area contributed by atoms with Crippen LogP contribution in [0.4, 0.5) is 17.1 Å². The lowest BCUT2D eigenvalue weighted by atomic mass is 10.1. The summed E-state index contributed by atoms with van der Waals surface area (Å²) in [6.07, 6.45) is 0. The molecule has 0 saturated carbocycles. The maximum atomic E-state index is 13.2. The molecular formula is C24H27N3O4S. The second-order valence-corrected chi connectivity index (χ2v) is 9.67. The van der Waals surface area contributed by atoms with E-state index in [9.17, 15) is 13.2 Å². The fraction of sp³-hybridized carbons (Fsp3) is 0.208. The lowest BCUT2D eigenvalue weighted by molar-refractivity contribution is 0.102. The van der Waals surface area contributed by atoms with Gasteiger partial charge in [0.25, 0.3) is 5.91 Å². The molecule has 1 amide bonds. The fourth-order valence-electron chi connectivity index (χ4n) is 3.17. The van der Waals surface area contributed by atoms with Crippen LogP contribution in [0.5, 0.6) is 5.75 Å². The van der Waals surface area contributed by atoms with Crippen molar-refractivity contribution in [2.24, 2.45) is 0 Å². The van der Waals surface area contributed by atoms with Crippen LogP contribution in [0.1, 0.15) is 21.5 Å². The van der Waals surface area contributed by atoms with Crippen LogP contribution >= 0.6 is 0 Å². The molecule has 2 N–H and O–H groups in total. The molecule has 0 aliphatic rings. The topological polar surface area (TPSA) is 87.7 Å². The largest absolute Gasteiger partial charge is 0.495 e. The summed E-state index contributed by atoms with van der Waals surface area (Å²) in [5.41, 5.74) is 4.45. The van der Waals surface area contributed by atoms with Gasteiger partial charge in [-0.05, 0) is 61.4 Å². The molecule has 0 fully saturated rings. The van der Waals surface area contributed by atoms with Crippen molar-refractivity contribution in [1.29, 1.82) is 0 Å². The third kappa shape index (κ3) is 4.76. The SMILES string of the molecule is COc1ccc(S(=O)(=O)N(C)C)cc1NC(=O)c1ccccc1Nc1cccc(C)c1C. The van der Waals surface area contributed by atoms with E-state index in [0.29, 0.717) is 17.0 Å². The standard InChI is InChI=1S/C24H27N3O4S/c1-16-9-8-12-20(17(16)2)25-21-11-7-6-10-19(21)24(28)26-22-15-18(13-14-23(22)31-5)32(29,30)27(3)4/h6-15,25H,1-5H3,(H,26,28). The number of carbonyl (C=O) groups is 1. The quantitative estimate of drug-likeness (QED) is 0.548. The van der Waals surface area contributed by atoms with E-state index >= 15 is 0 Å². The number of amides is 1. The van der Waals surface area contributed by atoms with Gasteiger partial charge in [-0.25, -0.2) is 12.7 Å². The first kappa shape index (κ1) is 23.3. The van der Waals surface area contributed by atoms with Crippen LogP contribution in [-0.4, -0.2) is 39.8 Å². The number of rotatable bonds is 7. The number of carbonyl (C=O) groups excluding carboxylic acids is 1. The van der Waals surface area contributed by atoms with Crippen molar-refractivity contribution >= 4 is 33.0 Å². The zero-order chi connectivity index (χ0) is 23.5. The molecule has 0 aliphatic heterocycles. The Morgan fingerprint density at radius 3 is 2.28 bits per heavy atom. The zero-order valence-electron chi connectivity index (χ0n) is 18.8. The van der Waals surface area contributed by atoms with Crippen LogP contribution in [0.15, 0.2) is 65.6 Å². The maximum Gasteiger partial charge on any atom is 0.257 e. The van der Waals surface area contributed by atoms with Gasteiger partial charge in [0.15, 0.2) is 0 Å². The van der Waals surface area contributed by atoms with Gasteiger partial charge < -0.3 is 15.4 Å². The number of anilines is 3. The molecule has 3 rings (SSSR count). The minimum absolute atomic E-state index is 0.0559. The molecule has 8 heteroatoms. The first-order valence-electron chi connectivity index (χ1n) is 9.99. The van der Waals surface area contributed by atoms with Crippen LogP contribution in [0, 0.1) is 13.8 Å². The number of methoxy groups -OCH3 is 1. The molecule has 0 aromatic heterocycles. The van der Waals surface area contributed by atoms with E-state index in [4.69, 9.17) is 4.74 Å². The van der Waals surface area contributed by atoms with E-state index < -0.39 is 15.9 Å². The Morgan fingerprint density at radius 2 is 1.59 bits per heavy atom. The number of aryl methyl sites for hydroxylation is 1. The van der Waals surface area contributed by atoms with Gasteiger partial charge in [0.05, 0.1) is 28.9 Å². The van der Waals surface area contributed by atoms with Gasteiger partial charge in [0, 0.05) is 19.8 Å². The molecule has 0 heterocycles. The molecule has 0 spiro atoms. The van der Waals surface area contributed by atoms with Gasteiger partial charge in [0.2, 0.25) is 10.0 Å². The molecule has 0 atom stereocenters. The number of ether oxygens (including phenoxy) is 1. The predicted molar refractivity (Wildman–Crippen MR) is 127 cm³/mol. The smallest absolute Gasteiger partial charge is 0.257 e. The normalized spacial score (nSPS) is 11.3. The zero-order valence-corrected chi connectivity index (χ0v) is 19.6. The van der Waals surface area contributed by atoms with Crippen molar-refractivity contribution < 1.29 is 17.9 Å². The van der Waals surface area contributed by atoms with E-state index in [1.807, 2.05) is 44.2 Å². The summed E-state index contributed by atoms with van der Waals surface area (Å²) in [4.78, 5) is 13.2. The van der Waals surface area contributed by atoms with Crippen molar-refractivity contribution in [3.63, 3.8) is 0 Å². The Hall–Kier alpha value is -3.36. The highest BCUT2D eigenvalue weighted by Gasteiger charge is 2.21. The molecular weight excluding hydrogens is 426 g/mol. The summed E-state index contributed by atoms with van der Waals surface area (Å²) in [6.45, 7) is 4.04. The highest BCUT2D eigenvalue weighted by atomic mass is 32.2. The third-order valence-corrected chi connectivity index (χ3v) is 7.05. The molecule has 0 radical (unpaired) electrons. The van der Waals surface area contributed by atoms with Crippen LogP contribution in [-0.2, 0) is 10.0 Å². The maximum absolute atomic E-state index is 13.2. The Kier molecular flexibility index (Phi) is 6.86. The molecule has 168 valence electrons. The van der Waals surface area contributed by atoms with Crippen molar-refractivity contribution in [3.8, 4) is 5.75 Å². The Balaban J connectivity index is 1.96. The van der Waals surface area contributed by atoms with E-state index in [1.54, 1.807) is 12.1 Å². The average molecular weight is 454 g/mol.